The van der Waals surface area contributed by atoms with Gasteiger partial charge in [-0.3, -0.25) is 4.79 Å². The second kappa shape index (κ2) is 11.0. The van der Waals surface area contributed by atoms with E-state index >= 15 is 0 Å². The number of carbonyl (C=O) groups is 1. The second-order valence-corrected chi connectivity index (χ2v) is 8.98. The predicted molar refractivity (Wildman–Crippen MR) is 128 cm³/mol. The van der Waals surface area contributed by atoms with Crippen molar-refractivity contribution < 1.29 is 22.7 Å². The van der Waals surface area contributed by atoms with Gasteiger partial charge in [0.1, 0.15) is 11.6 Å². The van der Waals surface area contributed by atoms with Gasteiger partial charge in [0, 0.05) is 43.7 Å². The molecule has 3 aromatic rings. The molecule has 35 heavy (non-hydrogen) atoms. The lowest BCUT2D eigenvalue weighted by Gasteiger charge is -2.29. The van der Waals surface area contributed by atoms with Gasteiger partial charge < -0.3 is 19.9 Å². The lowest BCUT2D eigenvalue weighted by atomic mass is 9.86. The quantitative estimate of drug-likeness (QED) is 0.402. The normalized spacial score (nSPS) is 18.4. The fourth-order valence-corrected chi connectivity index (χ4v) is 4.45. The number of nitrogens with one attached hydrogen (secondary N) is 2. The number of carbonyl (C=O) groups excluding carboxylic acids is 1. The number of rotatable bonds is 9. The van der Waals surface area contributed by atoms with Crippen LogP contribution < -0.4 is 15.4 Å². The molecule has 1 saturated carbocycles. The molecule has 0 atom stereocenters. The molecule has 1 aliphatic rings. The molecule has 7 nitrogen and oxygen atoms in total. The number of anilines is 1. The van der Waals surface area contributed by atoms with Gasteiger partial charge in [-0.2, -0.15) is 18.2 Å². The minimum Gasteiger partial charge on any atom is -0.493 e. The summed E-state index contributed by atoms with van der Waals surface area (Å²) >= 11 is 0. The number of alkyl halides is 3. The Bertz CT molecular complexity index is 1140. The number of benzene rings is 1. The smallest absolute Gasteiger partial charge is 0.389 e. The molecule has 1 aromatic carbocycles. The maximum Gasteiger partial charge on any atom is 0.389 e. The molecule has 1 aliphatic carbocycles. The van der Waals surface area contributed by atoms with Crippen molar-refractivity contribution in [3.63, 3.8) is 0 Å². The highest BCUT2D eigenvalue weighted by molar-refractivity contribution is 5.87. The Morgan fingerprint density at radius 3 is 2.71 bits per heavy atom. The van der Waals surface area contributed by atoms with Crippen molar-refractivity contribution in [3.05, 3.63) is 42.7 Å². The van der Waals surface area contributed by atoms with Crippen LogP contribution in [0, 0.1) is 5.92 Å². The van der Waals surface area contributed by atoms with Gasteiger partial charge in [-0.15, -0.1) is 0 Å². The third-order valence-corrected chi connectivity index (χ3v) is 6.26. The lowest BCUT2D eigenvalue weighted by molar-refractivity contribution is -0.136. The fraction of sp³-hybridized carbons (Fsp3) is 0.480. The van der Waals surface area contributed by atoms with Crippen LogP contribution >= 0.6 is 0 Å². The summed E-state index contributed by atoms with van der Waals surface area (Å²) in [4.78, 5) is 20.2. The SMILES string of the molecule is CC(=O)NCC1CCC(Nc2nccc(-n3ccc4c(OCCCC(F)(F)F)cccc43)n2)CC1. The zero-order valence-corrected chi connectivity index (χ0v) is 19.6. The molecule has 10 heteroatoms. The summed E-state index contributed by atoms with van der Waals surface area (Å²) < 4.78 is 44.7. The second-order valence-electron chi connectivity index (χ2n) is 8.98. The van der Waals surface area contributed by atoms with Gasteiger partial charge in [0.05, 0.1) is 12.1 Å². The van der Waals surface area contributed by atoms with Crippen LogP contribution in [0.2, 0.25) is 0 Å². The van der Waals surface area contributed by atoms with E-state index in [0.717, 1.165) is 43.1 Å². The van der Waals surface area contributed by atoms with E-state index in [2.05, 4.69) is 20.6 Å². The number of hydrogen-bond acceptors (Lipinski definition) is 5. The summed E-state index contributed by atoms with van der Waals surface area (Å²) in [5.41, 5.74) is 0.849. The van der Waals surface area contributed by atoms with Gasteiger partial charge in [-0.1, -0.05) is 6.07 Å². The molecule has 0 aliphatic heterocycles. The van der Waals surface area contributed by atoms with Gasteiger partial charge in [-0.25, -0.2) is 4.98 Å². The summed E-state index contributed by atoms with van der Waals surface area (Å²) in [5, 5.41) is 7.15. The highest BCUT2D eigenvalue weighted by Gasteiger charge is 2.26. The van der Waals surface area contributed by atoms with Crippen LogP contribution in [0.3, 0.4) is 0 Å². The average Bonchev–Trinajstić information content (AvgIpc) is 3.26. The van der Waals surface area contributed by atoms with Crippen LogP contribution in [-0.2, 0) is 4.79 Å². The lowest BCUT2D eigenvalue weighted by Crippen LogP contribution is -2.33. The minimum atomic E-state index is -4.18. The average molecular weight is 490 g/mol. The first-order valence-electron chi connectivity index (χ1n) is 11.9. The number of halogens is 3. The van der Waals surface area contributed by atoms with Crippen molar-refractivity contribution in [2.45, 2.75) is 57.7 Å². The Balaban J connectivity index is 1.40. The molecule has 0 saturated heterocycles. The highest BCUT2D eigenvalue weighted by atomic mass is 19.4. The number of fused-ring (bicyclic) bond motifs is 1. The van der Waals surface area contributed by atoms with Crippen molar-refractivity contribution in [2.75, 3.05) is 18.5 Å². The van der Waals surface area contributed by atoms with Crippen LogP contribution in [0.1, 0.15) is 45.4 Å². The van der Waals surface area contributed by atoms with Crippen molar-refractivity contribution >= 4 is 22.8 Å². The number of hydrogen-bond donors (Lipinski definition) is 2. The van der Waals surface area contributed by atoms with Gasteiger partial charge in [-0.05, 0) is 62.3 Å². The van der Waals surface area contributed by atoms with Crippen LogP contribution in [0.15, 0.2) is 42.7 Å². The molecular formula is C25H30F3N5O2. The summed E-state index contributed by atoms with van der Waals surface area (Å²) in [5.74, 6) is 2.29. The first kappa shape index (κ1) is 24.8. The van der Waals surface area contributed by atoms with E-state index in [1.54, 1.807) is 12.3 Å². The monoisotopic (exact) mass is 489 g/mol. The molecule has 0 unspecified atom stereocenters. The van der Waals surface area contributed by atoms with Gasteiger partial charge in [0.25, 0.3) is 0 Å². The Labute approximate surface area is 202 Å². The van der Waals surface area contributed by atoms with E-state index in [9.17, 15) is 18.0 Å². The largest absolute Gasteiger partial charge is 0.493 e. The topological polar surface area (TPSA) is 81.1 Å². The molecule has 188 valence electrons. The van der Waals surface area contributed by atoms with E-state index in [4.69, 9.17) is 4.74 Å². The Morgan fingerprint density at radius 1 is 1.17 bits per heavy atom. The molecule has 2 heterocycles. The first-order chi connectivity index (χ1) is 16.8. The van der Waals surface area contributed by atoms with Crippen LogP contribution in [0.5, 0.6) is 5.75 Å². The van der Waals surface area contributed by atoms with E-state index in [0.29, 0.717) is 23.4 Å². The van der Waals surface area contributed by atoms with Crippen molar-refractivity contribution in [1.29, 1.82) is 0 Å². The molecule has 4 rings (SSSR count). The Morgan fingerprint density at radius 2 is 1.97 bits per heavy atom. The summed E-state index contributed by atoms with van der Waals surface area (Å²) in [6.07, 6.45) is 2.48. The van der Waals surface area contributed by atoms with Crippen molar-refractivity contribution in [2.24, 2.45) is 5.92 Å². The van der Waals surface area contributed by atoms with Crippen molar-refractivity contribution in [3.8, 4) is 11.6 Å². The van der Waals surface area contributed by atoms with Crippen LogP contribution in [-0.4, -0.2) is 45.8 Å². The van der Waals surface area contributed by atoms with Gasteiger partial charge >= 0.3 is 6.18 Å². The summed E-state index contributed by atoms with van der Waals surface area (Å²) in [7, 11) is 0. The summed E-state index contributed by atoms with van der Waals surface area (Å²) in [6.45, 7) is 2.26. The zero-order chi connectivity index (χ0) is 24.8. The molecular weight excluding hydrogens is 459 g/mol. The van der Waals surface area contributed by atoms with Crippen LogP contribution in [0.25, 0.3) is 16.7 Å². The molecule has 2 N–H and O–H groups in total. The molecule has 2 aromatic heterocycles. The van der Waals surface area contributed by atoms with Gasteiger partial charge in [0.15, 0.2) is 0 Å². The standard InChI is InChI=1S/C25H30F3N5O2/c1-17(34)30-16-18-6-8-19(9-7-18)31-24-29-13-10-23(32-24)33-14-11-20-21(33)4-2-5-22(20)35-15-3-12-25(26,27)28/h2,4-5,10-11,13-14,18-19H,3,6-9,12,15-16H2,1H3,(H,30,34)(H,29,31,32). The molecule has 1 fully saturated rings. The number of nitrogens with zero attached hydrogens (tertiary/aromatic N) is 3. The van der Waals surface area contributed by atoms with E-state index in [1.807, 2.05) is 35.0 Å². The third kappa shape index (κ3) is 6.86. The number of amides is 1. The maximum absolute atomic E-state index is 12.4. The van der Waals surface area contributed by atoms with E-state index in [1.165, 1.54) is 6.92 Å². The van der Waals surface area contributed by atoms with E-state index in [-0.39, 0.29) is 25.0 Å². The number of ether oxygens (including phenoxy) is 1. The van der Waals surface area contributed by atoms with E-state index < -0.39 is 12.6 Å². The van der Waals surface area contributed by atoms with Crippen LogP contribution in [0.4, 0.5) is 19.1 Å². The Kier molecular flexibility index (Phi) is 7.77. The molecule has 1 amide bonds. The molecule has 0 bridgehead atoms. The molecule has 0 spiro atoms. The fourth-order valence-electron chi connectivity index (χ4n) is 4.45. The highest BCUT2D eigenvalue weighted by Crippen LogP contribution is 2.30. The molecule has 0 radical (unpaired) electrons. The first-order valence-corrected chi connectivity index (χ1v) is 11.9. The summed E-state index contributed by atoms with van der Waals surface area (Å²) in [6, 6.07) is 9.46. The minimum absolute atomic E-state index is 0.00155. The maximum atomic E-state index is 12.4. The third-order valence-electron chi connectivity index (χ3n) is 6.26. The van der Waals surface area contributed by atoms with Gasteiger partial charge in [0.2, 0.25) is 11.9 Å². The predicted octanol–water partition coefficient (Wildman–Crippen LogP) is 5.25. The Hall–Kier alpha value is -3.30. The van der Waals surface area contributed by atoms with Crippen molar-refractivity contribution in [1.82, 2.24) is 19.9 Å². The number of aromatic nitrogens is 3. The zero-order valence-electron chi connectivity index (χ0n) is 19.6.